The summed E-state index contributed by atoms with van der Waals surface area (Å²) in [6, 6.07) is 0. The first-order valence-corrected chi connectivity index (χ1v) is 2.05. The maximum atomic E-state index is 7.57. The lowest BCUT2D eigenvalue weighted by molar-refractivity contribution is 0.318. The molecular formula is C5H20O2Si. The highest BCUT2D eigenvalue weighted by molar-refractivity contribution is 5.75. The average Bonchev–Trinajstić information content (AvgIpc) is 1.39. The molecule has 0 aliphatic rings. The van der Waals surface area contributed by atoms with Crippen LogP contribution in [0.5, 0.6) is 0 Å². The van der Waals surface area contributed by atoms with Gasteiger partial charge in [0.05, 0.1) is 0 Å². The van der Waals surface area contributed by atoms with Gasteiger partial charge >= 0.3 is 0 Å². The Kier molecular flexibility index (Phi) is 178. The van der Waals surface area contributed by atoms with Crippen LogP contribution in [0.2, 0.25) is 0 Å². The van der Waals surface area contributed by atoms with Gasteiger partial charge in [0.25, 0.3) is 0 Å². The van der Waals surface area contributed by atoms with Crippen LogP contribution in [0.1, 0.15) is 21.3 Å². The highest BCUT2D eigenvalue weighted by atomic mass is 28.1. The van der Waals surface area contributed by atoms with Gasteiger partial charge in [0, 0.05) is 13.2 Å². The summed E-state index contributed by atoms with van der Waals surface area (Å²) >= 11 is 0. The van der Waals surface area contributed by atoms with E-state index in [0.717, 1.165) is 0 Å². The Morgan fingerprint density at radius 1 is 1.00 bits per heavy atom. The van der Waals surface area contributed by atoms with Crippen LogP contribution in [-0.4, -0.2) is 34.4 Å². The van der Waals surface area contributed by atoms with Gasteiger partial charge in [0.1, 0.15) is 0 Å². The molecule has 0 saturated carbocycles. The van der Waals surface area contributed by atoms with E-state index in [2.05, 4.69) is 0 Å². The first kappa shape index (κ1) is 24.2. The second-order valence-corrected chi connectivity index (χ2v) is 0.632. The Hall–Kier alpha value is 0.137. The average molecular weight is 140 g/mol. The maximum Gasteiger partial charge on any atom is 0.0402 e. The van der Waals surface area contributed by atoms with Gasteiger partial charge in [-0.2, -0.15) is 0 Å². The highest BCUT2D eigenvalue weighted by Crippen LogP contribution is 1.30. The molecule has 3 heteroatoms. The van der Waals surface area contributed by atoms with Gasteiger partial charge in [0.2, 0.25) is 0 Å². The molecule has 56 valence electrons. The normalized spacial score (nSPS) is 4.50. The molecule has 0 atom stereocenters. The van der Waals surface area contributed by atoms with Crippen molar-refractivity contribution in [2.45, 2.75) is 21.3 Å². The van der Waals surface area contributed by atoms with E-state index in [4.69, 9.17) is 10.2 Å². The third-order valence-electron chi connectivity index (χ3n) is 0. The lowest BCUT2D eigenvalue weighted by Gasteiger charge is -1.52. The maximum absolute atomic E-state index is 7.57. The Bertz CT molecular complexity index is 12.4. The summed E-state index contributed by atoms with van der Waals surface area (Å²) in [7, 11) is 0. The molecule has 0 radical (unpaired) electrons. The van der Waals surface area contributed by atoms with Crippen molar-refractivity contribution in [1.82, 2.24) is 0 Å². The minimum absolute atomic E-state index is 0. The van der Waals surface area contributed by atoms with Crippen LogP contribution in [0.4, 0.5) is 0 Å². The van der Waals surface area contributed by atoms with E-state index in [1.54, 1.807) is 13.8 Å². The van der Waals surface area contributed by atoms with Crippen LogP contribution in [0.15, 0.2) is 0 Å². The van der Waals surface area contributed by atoms with Crippen LogP contribution in [0.3, 0.4) is 0 Å². The molecular weight excluding hydrogens is 120 g/mol. The molecule has 0 aromatic heterocycles. The molecule has 0 spiro atoms. The van der Waals surface area contributed by atoms with Gasteiger partial charge in [-0.25, -0.2) is 0 Å². The Morgan fingerprint density at radius 3 is 1.00 bits per heavy atom. The predicted octanol–water partition coefficient (Wildman–Crippen LogP) is -0.818. The summed E-state index contributed by atoms with van der Waals surface area (Å²) in [6.45, 7) is 3.86. The van der Waals surface area contributed by atoms with Crippen molar-refractivity contribution in [3.05, 3.63) is 0 Å². The molecule has 0 heterocycles. The highest BCUT2D eigenvalue weighted by Gasteiger charge is 1.34. The fraction of sp³-hybridized carbons (Fsp3) is 1.00. The molecule has 0 amide bonds. The second-order valence-electron chi connectivity index (χ2n) is 0.632. The van der Waals surface area contributed by atoms with Crippen LogP contribution in [0.25, 0.3) is 0 Å². The molecule has 0 rings (SSSR count). The fourth-order valence-electron chi connectivity index (χ4n) is 0. The van der Waals surface area contributed by atoms with Crippen LogP contribution in [-0.2, 0) is 0 Å². The molecule has 0 saturated heterocycles. The molecule has 0 unspecified atom stereocenters. The number of aliphatic hydroxyl groups excluding tert-OH is 2. The van der Waals surface area contributed by atoms with Gasteiger partial charge in [0.15, 0.2) is 0 Å². The molecule has 0 aliphatic heterocycles. The van der Waals surface area contributed by atoms with Gasteiger partial charge < -0.3 is 10.2 Å². The summed E-state index contributed by atoms with van der Waals surface area (Å²) in [5.74, 6) is 0. The molecule has 0 fully saturated rings. The van der Waals surface area contributed by atoms with Crippen LogP contribution in [0, 0.1) is 0 Å². The largest absolute Gasteiger partial charge is 0.397 e. The topological polar surface area (TPSA) is 40.5 Å². The van der Waals surface area contributed by atoms with Crippen molar-refractivity contribution in [3.63, 3.8) is 0 Å². The Morgan fingerprint density at radius 2 is 1.00 bits per heavy atom. The standard InChI is InChI=1S/2C2H6O.CH4.H4Si/c2*1-2-3;;/h2*3H,2H2,1H3;2*1H4. The third kappa shape index (κ3) is 8640. The van der Waals surface area contributed by atoms with E-state index < -0.39 is 0 Å². The Balaban J connectivity index is -0.0000000160. The van der Waals surface area contributed by atoms with E-state index >= 15 is 0 Å². The van der Waals surface area contributed by atoms with E-state index in [1.165, 1.54) is 0 Å². The molecule has 8 heavy (non-hydrogen) atoms. The zero-order valence-electron chi connectivity index (χ0n) is 4.31. The fourth-order valence-corrected chi connectivity index (χ4v) is 0. The molecule has 2 N–H and O–H groups in total. The van der Waals surface area contributed by atoms with Crippen molar-refractivity contribution in [2.24, 2.45) is 0 Å². The number of hydrogen-bond donors (Lipinski definition) is 2. The summed E-state index contributed by atoms with van der Waals surface area (Å²) in [5.41, 5.74) is 0. The smallest absolute Gasteiger partial charge is 0.0402 e. The second kappa shape index (κ2) is 58.9. The van der Waals surface area contributed by atoms with Crippen molar-refractivity contribution in [1.29, 1.82) is 0 Å². The van der Waals surface area contributed by atoms with Crippen molar-refractivity contribution in [3.8, 4) is 0 Å². The minimum atomic E-state index is 0. The first-order chi connectivity index (χ1) is 2.83. The van der Waals surface area contributed by atoms with E-state index in [1.807, 2.05) is 0 Å². The van der Waals surface area contributed by atoms with Crippen molar-refractivity contribution in [2.75, 3.05) is 13.2 Å². The monoisotopic (exact) mass is 140 g/mol. The summed E-state index contributed by atoms with van der Waals surface area (Å²) < 4.78 is 0. The lowest BCUT2D eigenvalue weighted by Crippen LogP contribution is -1.57. The van der Waals surface area contributed by atoms with Gasteiger partial charge in [-0.15, -0.1) is 0 Å². The SMILES string of the molecule is C.CCO.CCO.[SiH4]. The van der Waals surface area contributed by atoms with E-state index in [0.29, 0.717) is 0 Å². The third-order valence-corrected chi connectivity index (χ3v) is 0. The molecule has 0 aromatic carbocycles. The first-order valence-electron chi connectivity index (χ1n) is 2.05. The lowest BCUT2D eigenvalue weighted by atomic mass is 10.9. The van der Waals surface area contributed by atoms with E-state index in [-0.39, 0.29) is 31.6 Å². The molecule has 0 bridgehead atoms. The van der Waals surface area contributed by atoms with E-state index in [9.17, 15) is 0 Å². The summed E-state index contributed by atoms with van der Waals surface area (Å²) in [4.78, 5) is 0. The predicted molar refractivity (Wildman–Crippen MR) is 43.6 cm³/mol. The molecule has 0 aromatic rings. The minimum Gasteiger partial charge on any atom is -0.397 e. The van der Waals surface area contributed by atoms with Gasteiger partial charge in [-0.3, -0.25) is 0 Å². The zero-order chi connectivity index (χ0) is 5.41. The Labute approximate surface area is 56.6 Å². The van der Waals surface area contributed by atoms with Gasteiger partial charge in [-0.1, -0.05) is 7.43 Å². The van der Waals surface area contributed by atoms with Crippen LogP contribution >= 0.6 is 0 Å². The van der Waals surface area contributed by atoms with Crippen LogP contribution < -0.4 is 0 Å². The number of aliphatic hydroxyl groups is 2. The zero-order valence-corrected chi connectivity index (χ0v) is 4.31. The summed E-state index contributed by atoms with van der Waals surface area (Å²) in [5, 5.41) is 15.1. The van der Waals surface area contributed by atoms with Crippen molar-refractivity contribution >= 4 is 11.0 Å². The molecule has 0 aliphatic carbocycles. The number of hydrogen-bond acceptors (Lipinski definition) is 2. The molecule has 2 nitrogen and oxygen atoms in total. The summed E-state index contributed by atoms with van der Waals surface area (Å²) in [6.07, 6.45) is 0. The van der Waals surface area contributed by atoms with Gasteiger partial charge in [-0.05, 0) is 24.8 Å². The van der Waals surface area contributed by atoms with Crippen molar-refractivity contribution < 1.29 is 10.2 Å². The number of rotatable bonds is 0. The quantitative estimate of drug-likeness (QED) is 0.432.